The number of carbonyl (C=O) groups is 4. The number of nitrogens with one attached hydrogen (secondary N) is 4. The highest BCUT2D eigenvalue weighted by Crippen LogP contribution is 2.07. The summed E-state index contributed by atoms with van der Waals surface area (Å²) in [6, 6.07) is -2.97. The molecule has 214 valence electrons. The Morgan fingerprint density at radius 3 is 2.63 bits per heavy atom. The maximum Gasteiger partial charge on any atom is 0.245 e. The normalized spacial score (nSPS) is 23.6. The smallest absolute Gasteiger partial charge is 0.245 e. The molecule has 0 saturated heterocycles. The van der Waals surface area contributed by atoms with Crippen molar-refractivity contribution in [1.29, 1.82) is 0 Å². The first-order valence-electron chi connectivity index (χ1n) is 13.3. The molecule has 0 saturated carbocycles. The summed E-state index contributed by atoms with van der Waals surface area (Å²) in [6.45, 7) is 5.13. The van der Waals surface area contributed by atoms with Crippen LogP contribution in [0.25, 0.3) is 0 Å². The van der Waals surface area contributed by atoms with Gasteiger partial charge in [-0.3, -0.25) is 19.2 Å². The second kappa shape index (κ2) is 18.3. The number of amides is 4. The van der Waals surface area contributed by atoms with Crippen molar-refractivity contribution in [3.8, 4) is 0 Å². The average molecular weight is 537 g/mol. The molecule has 4 amide bonds. The van der Waals surface area contributed by atoms with Gasteiger partial charge in [0.15, 0.2) is 0 Å². The van der Waals surface area contributed by atoms with Gasteiger partial charge in [0.2, 0.25) is 23.6 Å². The fourth-order valence-electron chi connectivity index (χ4n) is 3.68. The van der Waals surface area contributed by atoms with Gasteiger partial charge in [-0.15, -0.1) is 0 Å². The summed E-state index contributed by atoms with van der Waals surface area (Å²) in [5.41, 5.74) is 0. The van der Waals surface area contributed by atoms with Crippen molar-refractivity contribution in [1.82, 2.24) is 21.3 Å². The van der Waals surface area contributed by atoms with E-state index in [4.69, 9.17) is 0 Å². The summed E-state index contributed by atoms with van der Waals surface area (Å²) < 4.78 is 0. The van der Waals surface area contributed by atoms with E-state index in [9.17, 15) is 34.5 Å². The van der Waals surface area contributed by atoms with Gasteiger partial charge < -0.3 is 36.6 Å². The number of aliphatic hydroxyl groups excluding tert-OH is 3. The van der Waals surface area contributed by atoms with E-state index < -0.39 is 48.1 Å². The van der Waals surface area contributed by atoms with Crippen LogP contribution in [0.1, 0.15) is 65.7 Å². The van der Waals surface area contributed by atoms with Crippen LogP contribution in [-0.2, 0) is 19.2 Å². The van der Waals surface area contributed by atoms with Gasteiger partial charge in [0.25, 0.3) is 0 Å². The number of allylic oxidation sites excluding steroid dienone is 3. The van der Waals surface area contributed by atoms with Crippen molar-refractivity contribution in [2.24, 2.45) is 0 Å². The summed E-state index contributed by atoms with van der Waals surface area (Å²) in [6.07, 6.45) is 10.8. The maximum atomic E-state index is 12.9. The van der Waals surface area contributed by atoms with E-state index in [1.54, 1.807) is 13.0 Å². The van der Waals surface area contributed by atoms with Crippen molar-refractivity contribution in [3.63, 3.8) is 0 Å². The van der Waals surface area contributed by atoms with Crippen LogP contribution in [0.15, 0.2) is 36.5 Å². The highest BCUT2D eigenvalue weighted by molar-refractivity contribution is 5.95. The molecule has 0 aliphatic carbocycles. The quantitative estimate of drug-likeness (QED) is 0.105. The summed E-state index contributed by atoms with van der Waals surface area (Å²) >= 11 is 0. The van der Waals surface area contributed by atoms with Gasteiger partial charge in [0.05, 0.1) is 18.3 Å². The molecule has 6 atom stereocenters. The molecule has 0 aromatic rings. The molecule has 0 aromatic carbocycles. The van der Waals surface area contributed by atoms with Gasteiger partial charge in [-0.05, 0) is 46.0 Å². The topological polar surface area (TPSA) is 177 Å². The van der Waals surface area contributed by atoms with Gasteiger partial charge in [-0.2, -0.15) is 0 Å². The Labute approximate surface area is 224 Å². The Morgan fingerprint density at radius 2 is 1.95 bits per heavy atom. The number of rotatable bonds is 12. The van der Waals surface area contributed by atoms with Gasteiger partial charge in [0.1, 0.15) is 12.1 Å². The predicted octanol–water partition coefficient (Wildman–Crippen LogP) is 0.112. The molecule has 1 rings (SSSR count). The third-order valence-corrected chi connectivity index (χ3v) is 6.01. The lowest BCUT2D eigenvalue weighted by atomic mass is 10.0. The lowest BCUT2D eigenvalue weighted by Crippen LogP contribution is -2.58. The number of aliphatic hydroxyl groups is 3. The molecule has 11 nitrogen and oxygen atoms in total. The van der Waals surface area contributed by atoms with Crippen molar-refractivity contribution in [2.45, 2.75) is 102 Å². The van der Waals surface area contributed by atoms with Gasteiger partial charge >= 0.3 is 0 Å². The van der Waals surface area contributed by atoms with Crippen LogP contribution in [0.2, 0.25) is 0 Å². The molecule has 1 aliphatic heterocycles. The standard InChI is InChI=1S/C27H44N4O7/c1-4-20(33)11-9-7-5-6-8-10-12-24(36)31-25(19(3)32)27(38)30-22-17-21(34)15-16-28-23(35)14-13-18(2)29-26(22)37/h6,8,10,12-14,18-22,25,32-34H,4-5,7,9,11,15-17H2,1-3H3,(H,28,35)(H,29,37)(H,30,38)(H,31,36). The summed E-state index contributed by atoms with van der Waals surface area (Å²) in [7, 11) is 0. The van der Waals surface area contributed by atoms with Gasteiger partial charge in [-0.1, -0.05) is 37.6 Å². The van der Waals surface area contributed by atoms with E-state index in [-0.39, 0.29) is 31.4 Å². The Balaban J connectivity index is 2.71. The molecule has 0 bridgehead atoms. The predicted molar refractivity (Wildman–Crippen MR) is 144 cm³/mol. The van der Waals surface area contributed by atoms with Crippen molar-refractivity contribution in [2.75, 3.05) is 6.54 Å². The van der Waals surface area contributed by atoms with Crippen LogP contribution in [0.4, 0.5) is 0 Å². The first-order chi connectivity index (χ1) is 18.0. The van der Waals surface area contributed by atoms with E-state index in [0.717, 1.165) is 32.1 Å². The number of unbranched alkanes of at least 4 members (excludes halogenated alkanes) is 2. The molecule has 1 aliphatic rings. The fraction of sp³-hybridized carbons (Fsp3) is 0.630. The van der Waals surface area contributed by atoms with Crippen LogP contribution in [-0.4, -0.2) is 81.9 Å². The monoisotopic (exact) mass is 536 g/mol. The number of hydrogen-bond donors (Lipinski definition) is 7. The van der Waals surface area contributed by atoms with Crippen LogP contribution in [0.3, 0.4) is 0 Å². The van der Waals surface area contributed by atoms with E-state index in [2.05, 4.69) is 21.3 Å². The largest absolute Gasteiger partial charge is 0.393 e. The fourth-order valence-corrected chi connectivity index (χ4v) is 3.68. The third kappa shape index (κ3) is 14.1. The molecule has 1 heterocycles. The highest BCUT2D eigenvalue weighted by Gasteiger charge is 2.31. The van der Waals surface area contributed by atoms with Crippen LogP contribution >= 0.6 is 0 Å². The van der Waals surface area contributed by atoms with Crippen molar-refractivity contribution < 1.29 is 34.5 Å². The van der Waals surface area contributed by atoms with E-state index >= 15 is 0 Å². The average Bonchev–Trinajstić information content (AvgIpc) is 2.86. The van der Waals surface area contributed by atoms with Crippen LogP contribution in [0, 0.1) is 0 Å². The molecular formula is C27H44N4O7. The molecule has 0 radical (unpaired) electrons. The zero-order valence-corrected chi connectivity index (χ0v) is 22.6. The molecule has 6 unspecified atom stereocenters. The Hall–Kier alpha value is -3.02. The zero-order chi connectivity index (χ0) is 28.5. The van der Waals surface area contributed by atoms with Gasteiger partial charge in [0, 0.05) is 31.2 Å². The zero-order valence-electron chi connectivity index (χ0n) is 22.6. The molecule has 0 spiro atoms. The summed E-state index contributed by atoms with van der Waals surface area (Å²) in [4.78, 5) is 49.7. The lowest BCUT2D eigenvalue weighted by Gasteiger charge is -2.26. The molecule has 0 aromatic heterocycles. The second-order valence-corrected chi connectivity index (χ2v) is 9.55. The summed E-state index contributed by atoms with van der Waals surface area (Å²) in [5, 5.41) is 40.2. The molecule has 38 heavy (non-hydrogen) atoms. The summed E-state index contributed by atoms with van der Waals surface area (Å²) in [5.74, 6) is -2.28. The molecule has 11 heteroatoms. The number of hydrogen-bond acceptors (Lipinski definition) is 7. The minimum Gasteiger partial charge on any atom is -0.393 e. The van der Waals surface area contributed by atoms with Crippen molar-refractivity contribution >= 4 is 23.6 Å². The number of carbonyl (C=O) groups excluding carboxylic acids is 4. The first kappa shape index (κ1) is 33.0. The van der Waals surface area contributed by atoms with Gasteiger partial charge in [-0.25, -0.2) is 0 Å². The highest BCUT2D eigenvalue weighted by atomic mass is 16.3. The second-order valence-electron chi connectivity index (χ2n) is 9.55. The Bertz CT molecular complexity index is 856. The van der Waals surface area contributed by atoms with E-state index in [0.29, 0.717) is 0 Å². The molecule has 7 N–H and O–H groups in total. The van der Waals surface area contributed by atoms with Crippen molar-refractivity contribution in [3.05, 3.63) is 36.5 Å². The Kier molecular flexibility index (Phi) is 15.9. The maximum absolute atomic E-state index is 12.9. The molecular weight excluding hydrogens is 492 g/mol. The first-order valence-corrected chi connectivity index (χ1v) is 13.3. The third-order valence-electron chi connectivity index (χ3n) is 6.01. The van der Waals surface area contributed by atoms with E-state index in [1.807, 2.05) is 13.0 Å². The van der Waals surface area contributed by atoms with E-state index in [1.165, 1.54) is 31.2 Å². The SMILES string of the molecule is CCC(O)CCCCC=CC=CC(=O)NC(C(=O)NC1CC(O)CCNC(=O)C=CC(C)NC1=O)C(C)O. The minimum absolute atomic E-state index is 0.119. The Morgan fingerprint density at radius 1 is 1.21 bits per heavy atom. The molecule has 0 fully saturated rings. The lowest BCUT2D eigenvalue weighted by molar-refractivity contribution is -0.134. The van der Waals surface area contributed by atoms with Crippen LogP contribution in [0.5, 0.6) is 0 Å². The minimum atomic E-state index is -1.33. The van der Waals surface area contributed by atoms with Crippen LogP contribution < -0.4 is 21.3 Å².